The maximum Gasteiger partial charge on any atom is 0.257 e. The molecular weight excluding hydrogens is 360 g/mol. The van der Waals surface area contributed by atoms with Crippen LogP contribution in [0.3, 0.4) is 0 Å². The summed E-state index contributed by atoms with van der Waals surface area (Å²) in [5.74, 6) is -0.215. The first-order chi connectivity index (χ1) is 10.4. The van der Waals surface area contributed by atoms with Crippen molar-refractivity contribution in [2.24, 2.45) is 0 Å². The Morgan fingerprint density at radius 1 is 1.09 bits per heavy atom. The monoisotopic (exact) mass is 376 g/mol. The minimum absolute atomic E-state index is 0.215. The van der Waals surface area contributed by atoms with E-state index in [4.69, 9.17) is 12.2 Å². The molecule has 2 aromatic rings. The van der Waals surface area contributed by atoms with Gasteiger partial charge in [-0.3, -0.25) is 10.1 Å². The average molecular weight is 377 g/mol. The summed E-state index contributed by atoms with van der Waals surface area (Å²) in [6, 6.07) is 11.3. The smallest absolute Gasteiger partial charge is 0.257 e. The lowest BCUT2D eigenvalue weighted by atomic mass is 10.1. The quantitative estimate of drug-likeness (QED) is 0.758. The molecule has 0 aliphatic carbocycles. The van der Waals surface area contributed by atoms with Crippen molar-refractivity contribution in [2.75, 3.05) is 5.32 Å². The fraction of sp³-hybridized carbons (Fsp3) is 0.176. The van der Waals surface area contributed by atoms with Gasteiger partial charge >= 0.3 is 0 Å². The molecule has 0 aliphatic heterocycles. The van der Waals surface area contributed by atoms with E-state index < -0.39 is 0 Å². The molecule has 1 amide bonds. The summed E-state index contributed by atoms with van der Waals surface area (Å²) in [5.41, 5.74) is 4.73. The van der Waals surface area contributed by atoms with Crippen LogP contribution in [-0.2, 0) is 0 Å². The molecule has 0 saturated heterocycles. The van der Waals surface area contributed by atoms with Crippen LogP contribution in [0, 0.1) is 20.8 Å². The molecule has 0 aromatic heterocycles. The van der Waals surface area contributed by atoms with Crippen molar-refractivity contribution in [1.82, 2.24) is 5.32 Å². The van der Waals surface area contributed by atoms with E-state index in [0.29, 0.717) is 5.56 Å². The summed E-state index contributed by atoms with van der Waals surface area (Å²) in [6.45, 7) is 5.98. The van der Waals surface area contributed by atoms with Gasteiger partial charge in [0.15, 0.2) is 5.11 Å². The van der Waals surface area contributed by atoms with Crippen LogP contribution in [0.25, 0.3) is 0 Å². The molecule has 0 saturated carbocycles. The van der Waals surface area contributed by atoms with Gasteiger partial charge in [0, 0.05) is 15.7 Å². The molecule has 2 N–H and O–H groups in total. The largest absolute Gasteiger partial charge is 0.332 e. The fourth-order valence-electron chi connectivity index (χ4n) is 2.04. The Hall–Kier alpha value is -1.72. The summed E-state index contributed by atoms with van der Waals surface area (Å²) in [5, 5.41) is 6.06. The Balaban J connectivity index is 2.08. The molecule has 0 heterocycles. The average Bonchev–Trinajstić information content (AvgIpc) is 2.48. The molecule has 0 spiro atoms. The molecule has 0 atom stereocenters. The number of hydrogen-bond acceptors (Lipinski definition) is 2. The molecule has 2 aromatic carbocycles. The van der Waals surface area contributed by atoms with Crippen molar-refractivity contribution in [3.63, 3.8) is 0 Å². The van der Waals surface area contributed by atoms with E-state index in [-0.39, 0.29) is 11.0 Å². The highest BCUT2D eigenvalue weighted by Gasteiger charge is 2.10. The maximum atomic E-state index is 12.2. The molecular formula is C17H17BrN2OS. The highest BCUT2D eigenvalue weighted by Crippen LogP contribution is 2.25. The lowest BCUT2D eigenvalue weighted by molar-refractivity contribution is 0.0977. The zero-order chi connectivity index (χ0) is 16.3. The highest BCUT2D eigenvalue weighted by molar-refractivity contribution is 9.10. The van der Waals surface area contributed by atoms with Gasteiger partial charge in [-0.25, -0.2) is 0 Å². The predicted octanol–water partition coefficient (Wildman–Crippen LogP) is 4.50. The van der Waals surface area contributed by atoms with Gasteiger partial charge in [-0.05, 0) is 68.4 Å². The molecule has 5 heteroatoms. The summed E-state index contributed by atoms with van der Waals surface area (Å²) < 4.78 is 1.05. The van der Waals surface area contributed by atoms with Crippen molar-refractivity contribution < 1.29 is 4.79 Å². The second-order valence-corrected chi connectivity index (χ2v) is 6.39. The molecule has 0 fully saturated rings. The van der Waals surface area contributed by atoms with Gasteiger partial charge in [0.25, 0.3) is 5.91 Å². The van der Waals surface area contributed by atoms with Crippen LogP contribution in [0.15, 0.2) is 40.9 Å². The number of hydrogen-bond donors (Lipinski definition) is 2. The Morgan fingerprint density at radius 2 is 1.82 bits per heavy atom. The van der Waals surface area contributed by atoms with E-state index in [1.165, 1.54) is 0 Å². The minimum atomic E-state index is -0.215. The normalized spacial score (nSPS) is 10.2. The lowest BCUT2D eigenvalue weighted by Crippen LogP contribution is -2.34. The second-order valence-electron chi connectivity index (χ2n) is 5.12. The van der Waals surface area contributed by atoms with Crippen LogP contribution in [0.5, 0.6) is 0 Å². The van der Waals surface area contributed by atoms with Gasteiger partial charge < -0.3 is 5.32 Å². The molecule has 22 heavy (non-hydrogen) atoms. The number of nitrogens with one attached hydrogen (secondary N) is 2. The molecule has 0 radical (unpaired) electrons. The van der Waals surface area contributed by atoms with Crippen LogP contribution in [0.2, 0.25) is 0 Å². The summed E-state index contributed by atoms with van der Waals surface area (Å²) in [6.07, 6.45) is 0. The zero-order valence-electron chi connectivity index (χ0n) is 12.7. The molecule has 0 aliphatic rings. The van der Waals surface area contributed by atoms with E-state index in [1.54, 1.807) is 6.07 Å². The first-order valence-corrected chi connectivity index (χ1v) is 8.03. The van der Waals surface area contributed by atoms with Crippen LogP contribution in [0.1, 0.15) is 27.0 Å². The van der Waals surface area contributed by atoms with Crippen LogP contribution in [0.4, 0.5) is 5.69 Å². The third-order valence-electron chi connectivity index (χ3n) is 3.48. The van der Waals surface area contributed by atoms with Crippen LogP contribution < -0.4 is 10.6 Å². The number of benzene rings is 2. The van der Waals surface area contributed by atoms with Gasteiger partial charge in [-0.2, -0.15) is 0 Å². The first-order valence-electron chi connectivity index (χ1n) is 6.83. The molecule has 0 bridgehead atoms. The van der Waals surface area contributed by atoms with Crippen LogP contribution >= 0.6 is 28.1 Å². The molecule has 2 rings (SSSR count). The Labute approximate surface area is 144 Å². The van der Waals surface area contributed by atoms with Gasteiger partial charge in [0.05, 0.1) is 0 Å². The molecule has 0 unspecified atom stereocenters. The number of carbonyl (C=O) groups is 1. The van der Waals surface area contributed by atoms with Crippen molar-refractivity contribution in [3.8, 4) is 0 Å². The van der Waals surface area contributed by atoms with E-state index in [1.807, 2.05) is 51.1 Å². The van der Waals surface area contributed by atoms with Crippen molar-refractivity contribution in [1.29, 1.82) is 0 Å². The first kappa shape index (κ1) is 16.6. The number of halogens is 1. The van der Waals surface area contributed by atoms with E-state index in [9.17, 15) is 4.79 Å². The highest BCUT2D eigenvalue weighted by atomic mass is 79.9. The second kappa shape index (κ2) is 7.03. The third-order valence-corrected chi connectivity index (χ3v) is 4.54. The number of rotatable bonds is 2. The Morgan fingerprint density at radius 3 is 2.50 bits per heavy atom. The van der Waals surface area contributed by atoms with Gasteiger partial charge in [0.1, 0.15) is 0 Å². The van der Waals surface area contributed by atoms with Gasteiger partial charge in [-0.1, -0.05) is 33.6 Å². The number of carbonyl (C=O) groups excluding carboxylic acids is 1. The Bertz CT molecular complexity index is 743. The Kier molecular flexibility index (Phi) is 5.32. The van der Waals surface area contributed by atoms with Crippen molar-refractivity contribution >= 4 is 44.9 Å². The SMILES string of the molecule is Cc1cccc(C(=O)NC(=S)Nc2ccc(Br)c(C)c2C)c1. The summed E-state index contributed by atoms with van der Waals surface area (Å²) in [4.78, 5) is 12.2. The van der Waals surface area contributed by atoms with Gasteiger partial charge in [-0.15, -0.1) is 0 Å². The number of amides is 1. The molecule has 3 nitrogen and oxygen atoms in total. The zero-order valence-corrected chi connectivity index (χ0v) is 15.1. The van der Waals surface area contributed by atoms with Gasteiger partial charge in [0.2, 0.25) is 0 Å². The number of thiocarbonyl (C=S) groups is 1. The number of aryl methyl sites for hydroxylation is 1. The topological polar surface area (TPSA) is 41.1 Å². The van der Waals surface area contributed by atoms with Crippen molar-refractivity contribution in [2.45, 2.75) is 20.8 Å². The van der Waals surface area contributed by atoms with Crippen molar-refractivity contribution in [3.05, 3.63) is 63.1 Å². The lowest BCUT2D eigenvalue weighted by Gasteiger charge is -2.14. The number of anilines is 1. The van der Waals surface area contributed by atoms with E-state index >= 15 is 0 Å². The maximum absolute atomic E-state index is 12.2. The minimum Gasteiger partial charge on any atom is -0.332 e. The fourth-order valence-corrected chi connectivity index (χ4v) is 2.67. The van der Waals surface area contributed by atoms with E-state index in [0.717, 1.165) is 26.9 Å². The predicted molar refractivity (Wildman–Crippen MR) is 98.5 cm³/mol. The summed E-state index contributed by atoms with van der Waals surface area (Å²) >= 11 is 8.72. The summed E-state index contributed by atoms with van der Waals surface area (Å²) in [7, 11) is 0. The standard InChI is InChI=1S/C17H17BrN2OS/c1-10-5-4-6-13(9-10)16(21)20-17(22)19-15-8-7-14(18)11(2)12(15)3/h4-9H,1-3H3,(H2,19,20,21,22). The third kappa shape index (κ3) is 3.93. The molecule has 114 valence electrons. The van der Waals surface area contributed by atoms with E-state index in [2.05, 4.69) is 26.6 Å². The van der Waals surface area contributed by atoms with Crippen LogP contribution in [-0.4, -0.2) is 11.0 Å².